The van der Waals surface area contributed by atoms with Gasteiger partial charge in [-0.3, -0.25) is 9.89 Å². The monoisotopic (exact) mass is 575 g/mol. The number of carbonyl (C=O) groups is 1. The van der Waals surface area contributed by atoms with Crippen molar-refractivity contribution in [3.8, 4) is 11.6 Å². The molecule has 5 heterocycles. The summed E-state index contributed by atoms with van der Waals surface area (Å²) in [5, 5.41) is 21.0. The number of nitrogens with one attached hydrogen (secondary N) is 4. The van der Waals surface area contributed by atoms with Crippen LogP contribution >= 0.6 is 0 Å². The lowest BCUT2D eigenvalue weighted by atomic mass is 9.76. The summed E-state index contributed by atoms with van der Waals surface area (Å²) in [4.78, 5) is 22.9. The molecule has 0 radical (unpaired) electrons. The van der Waals surface area contributed by atoms with E-state index in [1.54, 1.807) is 19.4 Å². The topological polar surface area (TPSA) is 144 Å². The number of hydrogen-bond donors (Lipinski definition) is 4. The van der Waals surface area contributed by atoms with Gasteiger partial charge in [0.2, 0.25) is 0 Å². The number of anilines is 3. The number of pyridine rings is 2. The van der Waals surface area contributed by atoms with Crippen LogP contribution in [0.3, 0.4) is 0 Å². The summed E-state index contributed by atoms with van der Waals surface area (Å²) in [7, 11) is 1.59. The summed E-state index contributed by atoms with van der Waals surface area (Å²) in [6.45, 7) is 5.12. The fourth-order valence-electron chi connectivity index (χ4n) is 5.65. The van der Waals surface area contributed by atoms with Crippen molar-refractivity contribution in [1.82, 2.24) is 35.3 Å². The van der Waals surface area contributed by atoms with E-state index in [1.165, 1.54) is 10.9 Å². The highest BCUT2D eigenvalue weighted by Crippen LogP contribution is 2.45. The van der Waals surface area contributed by atoms with Gasteiger partial charge in [-0.1, -0.05) is 6.07 Å². The van der Waals surface area contributed by atoms with Crippen molar-refractivity contribution in [2.75, 3.05) is 30.9 Å². The van der Waals surface area contributed by atoms with Crippen LogP contribution in [0.2, 0.25) is 0 Å². The van der Waals surface area contributed by atoms with Crippen molar-refractivity contribution < 1.29 is 18.7 Å². The van der Waals surface area contributed by atoms with Crippen LogP contribution in [0.25, 0.3) is 5.82 Å². The van der Waals surface area contributed by atoms with Crippen LogP contribution in [-0.2, 0) is 9.53 Å². The molecule has 1 atom stereocenters. The van der Waals surface area contributed by atoms with E-state index in [9.17, 15) is 9.18 Å². The first-order chi connectivity index (χ1) is 20.3. The largest absolute Gasteiger partial charge is 0.489 e. The van der Waals surface area contributed by atoms with Gasteiger partial charge in [-0.15, -0.1) is 0 Å². The number of carbonyl (C=O) groups excluding carboxylic acids is 1. The van der Waals surface area contributed by atoms with Gasteiger partial charge in [0.25, 0.3) is 5.91 Å². The number of aromatic amines is 1. The average molecular weight is 576 g/mol. The maximum absolute atomic E-state index is 13.6. The number of fused-ring (bicyclic) bond motifs is 1. The van der Waals surface area contributed by atoms with E-state index in [1.807, 2.05) is 32.0 Å². The highest BCUT2D eigenvalue weighted by atomic mass is 19.1. The number of methoxy groups -OCH3 is 1. The number of halogens is 1. The molecule has 6 rings (SSSR count). The lowest BCUT2D eigenvalue weighted by Gasteiger charge is -2.39. The minimum absolute atomic E-state index is 0.119. The Morgan fingerprint density at radius 2 is 2.07 bits per heavy atom. The van der Waals surface area contributed by atoms with Gasteiger partial charge in [-0.2, -0.15) is 10.2 Å². The number of aromatic nitrogens is 6. The predicted octanol–water partition coefficient (Wildman–Crippen LogP) is 4.30. The summed E-state index contributed by atoms with van der Waals surface area (Å²) >= 11 is 0. The molecule has 0 bridgehead atoms. The third kappa shape index (κ3) is 5.51. The first-order valence-corrected chi connectivity index (χ1v) is 14.1. The molecule has 1 amide bonds. The molecule has 1 aliphatic heterocycles. The number of hydrogen-bond acceptors (Lipinski definition) is 9. The maximum Gasteiger partial charge on any atom is 0.252 e. The van der Waals surface area contributed by atoms with Crippen LogP contribution in [0, 0.1) is 12.7 Å². The predicted molar refractivity (Wildman–Crippen MR) is 154 cm³/mol. The van der Waals surface area contributed by atoms with Gasteiger partial charge in [0.15, 0.2) is 17.5 Å². The maximum atomic E-state index is 13.6. The minimum Gasteiger partial charge on any atom is -0.489 e. The molecule has 0 saturated heterocycles. The number of rotatable bonds is 8. The Kier molecular flexibility index (Phi) is 7.50. The van der Waals surface area contributed by atoms with Crippen molar-refractivity contribution in [3.63, 3.8) is 0 Å². The molecular formula is C29H34FN9O3. The number of ether oxygens (including phenoxy) is 2. The number of amides is 1. The molecule has 1 saturated carbocycles. The van der Waals surface area contributed by atoms with Gasteiger partial charge < -0.3 is 25.4 Å². The van der Waals surface area contributed by atoms with E-state index in [2.05, 4.69) is 36.2 Å². The first-order valence-electron chi connectivity index (χ1n) is 14.1. The fourth-order valence-corrected chi connectivity index (χ4v) is 5.65. The van der Waals surface area contributed by atoms with Crippen molar-refractivity contribution >= 4 is 23.2 Å². The summed E-state index contributed by atoms with van der Waals surface area (Å²) in [6.07, 6.45) is 6.57. The van der Waals surface area contributed by atoms with Crippen LogP contribution in [0.5, 0.6) is 5.75 Å². The zero-order valence-electron chi connectivity index (χ0n) is 23.8. The van der Waals surface area contributed by atoms with Crippen LogP contribution in [0.15, 0.2) is 42.9 Å². The Hall–Kier alpha value is -4.52. The lowest BCUT2D eigenvalue weighted by molar-refractivity contribution is -0.148. The molecule has 0 aromatic carbocycles. The molecule has 13 heteroatoms. The molecule has 2 aliphatic rings. The Morgan fingerprint density at radius 1 is 1.24 bits per heavy atom. The molecule has 0 spiro atoms. The molecule has 12 nitrogen and oxygen atoms in total. The summed E-state index contributed by atoms with van der Waals surface area (Å²) in [5.41, 5.74) is 2.65. The molecule has 220 valence electrons. The van der Waals surface area contributed by atoms with Gasteiger partial charge in [-0.05, 0) is 51.2 Å². The number of aryl methyl sites for hydroxylation is 1. The second-order valence-electron chi connectivity index (χ2n) is 10.8. The van der Waals surface area contributed by atoms with Crippen molar-refractivity contribution in [1.29, 1.82) is 0 Å². The van der Waals surface area contributed by atoms with Gasteiger partial charge in [0.1, 0.15) is 23.8 Å². The quantitative estimate of drug-likeness (QED) is 0.242. The van der Waals surface area contributed by atoms with Crippen LogP contribution in [-0.4, -0.2) is 61.7 Å². The molecular weight excluding hydrogens is 541 g/mol. The highest BCUT2D eigenvalue weighted by Gasteiger charge is 2.44. The lowest BCUT2D eigenvalue weighted by Crippen LogP contribution is -2.50. The van der Waals surface area contributed by atoms with E-state index >= 15 is 0 Å². The second-order valence-corrected chi connectivity index (χ2v) is 10.8. The van der Waals surface area contributed by atoms with Crippen molar-refractivity contribution in [2.24, 2.45) is 0 Å². The molecule has 4 aromatic rings. The molecule has 4 N–H and O–H groups in total. The Labute approximate surface area is 242 Å². The summed E-state index contributed by atoms with van der Waals surface area (Å²) < 4.78 is 26.5. The molecule has 0 unspecified atom stereocenters. The second kappa shape index (κ2) is 11.4. The van der Waals surface area contributed by atoms with Crippen molar-refractivity contribution in [3.05, 3.63) is 65.6 Å². The fraction of sp³-hybridized carbons (Fsp3) is 0.414. The van der Waals surface area contributed by atoms with Gasteiger partial charge in [-0.25, -0.2) is 19.0 Å². The van der Waals surface area contributed by atoms with E-state index in [0.717, 1.165) is 47.4 Å². The van der Waals surface area contributed by atoms with Gasteiger partial charge in [0.05, 0.1) is 29.8 Å². The SMILES string of the molecule is COC1(C(=O)N[C@@H](C)c2ccc(-n3cc(F)cn3)nc2)CCC(c2nc(Nc3cc(C)[nH]n3)cc3c2NCCO3)CC1. The van der Waals surface area contributed by atoms with Crippen LogP contribution in [0.1, 0.15) is 61.5 Å². The third-order valence-corrected chi connectivity index (χ3v) is 8.02. The van der Waals surface area contributed by atoms with Gasteiger partial charge >= 0.3 is 0 Å². The van der Waals surface area contributed by atoms with Gasteiger partial charge in [0, 0.05) is 43.6 Å². The number of nitrogens with zero attached hydrogens (tertiary/aromatic N) is 5. The normalized spacial score (nSPS) is 20.6. The van der Waals surface area contributed by atoms with E-state index < -0.39 is 11.4 Å². The zero-order chi connectivity index (χ0) is 29.3. The van der Waals surface area contributed by atoms with Crippen molar-refractivity contribution in [2.45, 2.75) is 57.1 Å². The summed E-state index contributed by atoms with van der Waals surface area (Å²) in [6, 6.07) is 7.09. The van der Waals surface area contributed by atoms with E-state index in [-0.39, 0.29) is 17.9 Å². The van der Waals surface area contributed by atoms with E-state index in [4.69, 9.17) is 14.5 Å². The molecule has 1 aliphatic carbocycles. The Balaban J connectivity index is 1.14. The number of H-pyrrole nitrogens is 1. The summed E-state index contributed by atoms with van der Waals surface area (Å²) in [5.74, 6) is 2.11. The molecule has 4 aromatic heterocycles. The van der Waals surface area contributed by atoms with E-state index in [0.29, 0.717) is 43.4 Å². The standard InChI is InChI=1S/C29H34FN9O3/c1-17-12-24(38-37-17)35-23-13-22-27(31-10-11-42-22)26(36-23)19-6-8-29(41-3,9-7-19)28(40)34-18(2)20-4-5-25(32-14-20)39-16-21(30)15-33-39/h4-5,12-16,18-19,31H,6-11H2,1-3H3,(H,34,40)(H2,35,36,37,38)/t18-,19?,29?/m0/s1. The first kappa shape index (κ1) is 27.6. The third-order valence-electron chi connectivity index (χ3n) is 8.02. The Morgan fingerprint density at radius 3 is 2.74 bits per heavy atom. The smallest absolute Gasteiger partial charge is 0.252 e. The minimum atomic E-state index is -0.947. The Bertz CT molecular complexity index is 1560. The van der Waals surface area contributed by atoms with Crippen LogP contribution in [0.4, 0.5) is 21.7 Å². The van der Waals surface area contributed by atoms with Crippen LogP contribution < -0.4 is 20.7 Å². The average Bonchev–Trinajstić information content (AvgIpc) is 3.64. The molecule has 1 fully saturated rings. The molecule has 42 heavy (non-hydrogen) atoms. The zero-order valence-corrected chi connectivity index (χ0v) is 23.8. The highest BCUT2D eigenvalue weighted by molar-refractivity contribution is 5.85.